The van der Waals surface area contributed by atoms with Crippen molar-refractivity contribution in [3.8, 4) is 0 Å². The van der Waals surface area contributed by atoms with Crippen LogP contribution in [-0.4, -0.2) is 42.5 Å². The average molecular weight is 455 g/mol. The van der Waals surface area contributed by atoms with E-state index in [2.05, 4.69) is 11.4 Å². The van der Waals surface area contributed by atoms with Crippen molar-refractivity contribution in [1.82, 2.24) is 5.32 Å². The molecule has 2 aromatic rings. The molecule has 1 atom stereocenters. The van der Waals surface area contributed by atoms with Gasteiger partial charge in [0.1, 0.15) is 6.61 Å². The number of nitrogens with zero attached hydrogens (tertiary/aromatic N) is 1. The van der Waals surface area contributed by atoms with E-state index in [9.17, 15) is 14.7 Å². The van der Waals surface area contributed by atoms with Crippen LogP contribution in [0.5, 0.6) is 0 Å². The summed E-state index contributed by atoms with van der Waals surface area (Å²) >= 11 is 5.68. The van der Waals surface area contributed by atoms with Crippen LogP contribution in [0.15, 0.2) is 53.7 Å². The predicted molar refractivity (Wildman–Crippen MR) is 126 cm³/mol. The van der Waals surface area contributed by atoms with Gasteiger partial charge in [0.15, 0.2) is 5.11 Å². The molecule has 1 aliphatic rings. The van der Waals surface area contributed by atoms with Crippen LogP contribution in [0.1, 0.15) is 40.0 Å². The van der Waals surface area contributed by atoms with E-state index in [1.807, 2.05) is 37.8 Å². The Kier molecular flexibility index (Phi) is 7.27. The molecule has 0 amide bonds. The van der Waals surface area contributed by atoms with Crippen molar-refractivity contribution in [2.45, 2.75) is 26.8 Å². The second kappa shape index (κ2) is 9.93. The number of carbonyl (C=O) groups is 2. The van der Waals surface area contributed by atoms with E-state index in [0.717, 1.165) is 16.8 Å². The fraction of sp³-hybridized carbons (Fsp3) is 0.292. The Hall–Kier alpha value is -3.23. The number of benzene rings is 2. The second-order valence-corrected chi connectivity index (χ2v) is 8.01. The molecule has 32 heavy (non-hydrogen) atoms. The summed E-state index contributed by atoms with van der Waals surface area (Å²) in [6, 6.07) is 11.8. The first-order chi connectivity index (χ1) is 15.2. The first-order valence-corrected chi connectivity index (χ1v) is 10.5. The maximum Gasteiger partial charge on any atom is 0.338 e. The number of carboxylic acid groups (broad SMARTS) is 1. The van der Waals surface area contributed by atoms with Crippen LogP contribution in [-0.2, 0) is 14.3 Å². The number of aryl methyl sites for hydroxylation is 2. The maximum atomic E-state index is 13.1. The van der Waals surface area contributed by atoms with E-state index in [4.69, 9.17) is 21.7 Å². The van der Waals surface area contributed by atoms with Crippen LogP contribution >= 0.6 is 12.2 Å². The number of thiocarbonyl (C=S) groups is 1. The summed E-state index contributed by atoms with van der Waals surface area (Å²) in [5, 5.41) is 12.9. The predicted octanol–water partition coefficient (Wildman–Crippen LogP) is 3.90. The summed E-state index contributed by atoms with van der Waals surface area (Å²) in [5.74, 6) is -1.51. The quantitative estimate of drug-likeness (QED) is 0.370. The molecule has 0 saturated heterocycles. The Morgan fingerprint density at radius 1 is 1.06 bits per heavy atom. The van der Waals surface area contributed by atoms with Crippen LogP contribution in [0.3, 0.4) is 0 Å². The van der Waals surface area contributed by atoms with Crippen molar-refractivity contribution in [3.63, 3.8) is 0 Å². The lowest BCUT2D eigenvalue weighted by Crippen LogP contribution is -2.48. The van der Waals surface area contributed by atoms with Crippen molar-refractivity contribution in [2.75, 3.05) is 25.2 Å². The molecular formula is C24H26N2O5S. The first kappa shape index (κ1) is 23.4. The molecule has 0 saturated carbocycles. The molecule has 8 heteroatoms. The van der Waals surface area contributed by atoms with Crippen molar-refractivity contribution in [2.24, 2.45) is 0 Å². The smallest absolute Gasteiger partial charge is 0.338 e. The Morgan fingerprint density at radius 3 is 2.25 bits per heavy atom. The largest absolute Gasteiger partial charge is 0.478 e. The fourth-order valence-corrected chi connectivity index (χ4v) is 4.12. The molecule has 3 rings (SSSR count). The summed E-state index contributed by atoms with van der Waals surface area (Å²) in [7, 11) is 1.54. The Labute approximate surface area is 192 Å². The van der Waals surface area contributed by atoms with Gasteiger partial charge in [-0.2, -0.15) is 0 Å². The van der Waals surface area contributed by atoms with Crippen LogP contribution < -0.4 is 10.2 Å². The lowest BCUT2D eigenvalue weighted by molar-refractivity contribution is -0.140. The van der Waals surface area contributed by atoms with E-state index in [1.165, 1.54) is 19.2 Å². The summed E-state index contributed by atoms with van der Waals surface area (Å²) in [4.78, 5) is 26.2. The van der Waals surface area contributed by atoms with E-state index < -0.39 is 18.0 Å². The van der Waals surface area contributed by atoms with Gasteiger partial charge >= 0.3 is 11.9 Å². The number of rotatable bonds is 7. The number of anilines is 1. The summed E-state index contributed by atoms with van der Waals surface area (Å²) in [6.07, 6.45) is 0. The average Bonchev–Trinajstić information content (AvgIpc) is 2.72. The van der Waals surface area contributed by atoms with Gasteiger partial charge in [-0.15, -0.1) is 0 Å². The molecule has 1 unspecified atom stereocenters. The molecular weight excluding hydrogens is 428 g/mol. The Balaban J connectivity index is 2.09. The monoisotopic (exact) mass is 454 g/mol. The van der Waals surface area contributed by atoms with Crippen LogP contribution in [0.4, 0.5) is 5.69 Å². The van der Waals surface area contributed by atoms with Crippen LogP contribution in [0, 0.1) is 13.8 Å². The Bertz CT molecular complexity index is 1060. The number of carbonyl (C=O) groups excluding carboxylic acids is 1. The fourth-order valence-electron chi connectivity index (χ4n) is 3.76. The van der Waals surface area contributed by atoms with Gasteiger partial charge in [0.2, 0.25) is 0 Å². The minimum Gasteiger partial charge on any atom is -0.478 e. The minimum atomic E-state index is -1.02. The number of nitrogens with one attached hydrogen (secondary N) is 1. The normalized spacial score (nSPS) is 16.1. The van der Waals surface area contributed by atoms with E-state index >= 15 is 0 Å². The Morgan fingerprint density at radius 2 is 1.69 bits per heavy atom. The summed E-state index contributed by atoms with van der Waals surface area (Å²) in [5.41, 5.74) is 4.91. The third-order valence-electron chi connectivity index (χ3n) is 5.18. The number of allylic oxidation sites excluding steroid dienone is 1. The molecule has 0 aliphatic carbocycles. The summed E-state index contributed by atoms with van der Waals surface area (Å²) in [6.45, 7) is 6.23. The highest BCUT2D eigenvalue weighted by Gasteiger charge is 2.35. The number of aromatic carboxylic acids is 1. The molecule has 1 heterocycles. The molecule has 0 aromatic heterocycles. The highest BCUT2D eigenvalue weighted by Crippen LogP contribution is 2.35. The molecule has 0 spiro atoms. The molecule has 0 fully saturated rings. The molecule has 0 radical (unpaired) electrons. The lowest BCUT2D eigenvalue weighted by Gasteiger charge is -2.37. The maximum absolute atomic E-state index is 13.1. The van der Waals surface area contributed by atoms with Gasteiger partial charge in [-0.25, -0.2) is 9.59 Å². The van der Waals surface area contributed by atoms with Gasteiger partial charge in [-0.1, -0.05) is 18.2 Å². The molecule has 2 aromatic carbocycles. The molecule has 1 aliphatic heterocycles. The zero-order valence-electron chi connectivity index (χ0n) is 18.5. The minimum absolute atomic E-state index is 0.116. The molecule has 168 valence electrons. The van der Waals surface area contributed by atoms with E-state index in [-0.39, 0.29) is 18.8 Å². The van der Waals surface area contributed by atoms with Crippen LogP contribution in [0.25, 0.3) is 0 Å². The molecule has 7 nitrogen and oxygen atoms in total. The number of hydrogen-bond donors (Lipinski definition) is 2. The number of ether oxygens (including phenoxy) is 2. The zero-order valence-corrected chi connectivity index (χ0v) is 19.3. The van der Waals surface area contributed by atoms with Crippen LogP contribution in [0.2, 0.25) is 0 Å². The van der Waals surface area contributed by atoms with Gasteiger partial charge in [-0.05, 0) is 73.9 Å². The van der Waals surface area contributed by atoms with Gasteiger partial charge in [0.05, 0.1) is 23.8 Å². The zero-order chi connectivity index (χ0) is 23.4. The van der Waals surface area contributed by atoms with E-state index in [0.29, 0.717) is 21.9 Å². The van der Waals surface area contributed by atoms with Gasteiger partial charge < -0.3 is 19.9 Å². The lowest BCUT2D eigenvalue weighted by atomic mass is 9.94. The number of esters is 1. The van der Waals surface area contributed by atoms with Crippen molar-refractivity contribution < 1.29 is 24.2 Å². The highest BCUT2D eigenvalue weighted by atomic mass is 32.1. The number of hydrogen-bond acceptors (Lipinski definition) is 5. The van der Waals surface area contributed by atoms with Gasteiger partial charge in [0.25, 0.3) is 0 Å². The van der Waals surface area contributed by atoms with Gasteiger partial charge in [-0.3, -0.25) is 4.90 Å². The van der Waals surface area contributed by atoms with Crippen molar-refractivity contribution in [3.05, 3.63) is 76.0 Å². The highest BCUT2D eigenvalue weighted by molar-refractivity contribution is 7.80. The first-order valence-electron chi connectivity index (χ1n) is 10.1. The van der Waals surface area contributed by atoms with Crippen molar-refractivity contribution in [1.29, 1.82) is 0 Å². The second-order valence-electron chi connectivity index (χ2n) is 7.62. The molecule has 0 bridgehead atoms. The van der Waals surface area contributed by atoms with E-state index in [1.54, 1.807) is 12.1 Å². The number of methoxy groups -OCH3 is 1. The molecule has 2 N–H and O–H groups in total. The number of carboxylic acids is 1. The summed E-state index contributed by atoms with van der Waals surface area (Å²) < 4.78 is 10.4. The van der Waals surface area contributed by atoms with Gasteiger partial charge in [0, 0.05) is 18.5 Å². The standard InChI is InChI=1S/C24H26N2O5S/c1-14-11-15(2)13-19(12-14)26-16(3)20(23(29)31-10-9-30-4)21(25-24(26)32)17-5-7-18(8-6-17)22(27)28/h5-8,11-13,21H,9-10H2,1-4H3,(H,25,32)(H,27,28). The topological polar surface area (TPSA) is 88.1 Å². The third-order valence-corrected chi connectivity index (χ3v) is 5.48. The van der Waals surface area contributed by atoms with Crippen molar-refractivity contribution >= 4 is 35.0 Å². The third kappa shape index (κ3) is 4.98. The SMILES string of the molecule is COCCOC(=O)C1=C(C)N(c2cc(C)cc(C)c2)C(=S)NC1c1ccc(C(=O)O)cc1.